The average Bonchev–Trinajstić information content (AvgIpc) is 3.16. The van der Waals surface area contributed by atoms with E-state index in [1.807, 2.05) is 19.3 Å². The summed E-state index contributed by atoms with van der Waals surface area (Å²) in [5.41, 5.74) is 0. The summed E-state index contributed by atoms with van der Waals surface area (Å²) in [4.78, 5) is 11.2. The Morgan fingerprint density at radius 3 is 3.15 bits per heavy atom. The highest BCUT2D eigenvalue weighted by Gasteiger charge is 2.22. The molecule has 0 amide bonds. The number of aromatic nitrogens is 2. The molecule has 6 heteroatoms. The molecule has 2 saturated heterocycles. The van der Waals surface area contributed by atoms with Crippen molar-refractivity contribution in [3.05, 3.63) is 12.3 Å². The summed E-state index contributed by atoms with van der Waals surface area (Å²) in [6, 6.07) is 2.54. The molecule has 2 N–H and O–H groups in total. The second kappa shape index (κ2) is 6.37. The van der Waals surface area contributed by atoms with Crippen LogP contribution in [0.25, 0.3) is 0 Å². The van der Waals surface area contributed by atoms with Gasteiger partial charge in [-0.1, -0.05) is 0 Å². The van der Waals surface area contributed by atoms with Crippen molar-refractivity contribution in [2.24, 2.45) is 0 Å². The number of rotatable bonds is 5. The molecule has 0 radical (unpaired) electrons. The minimum absolute atomic E-state index is 0.308. The highest BCUT2D eigenvalue weighted by molar-refractivity contribution is 5.43. The van der Waals surface area contributed by atoms with Crippen LogP contribution in [0.5, 0.6) is 0 Å². The smallest absolute Gasteiger partial charge is 0.224 e. The van der Waals surface area contributed by atoms with Crippen molar-refractivity contribution in [2.45, 2.75) is 31.4 Å². The molecule has 6 nitrogen and oxygen atoms in total. The summed E-state index contributed by atoms with van der Waals surface area (Å²) in [6.07, 6.45) is 5.59. The molecule has 1 unspecified atom stereocenters. The lowest BCUT2D eigenvalue weighted by Crippen LogP contribution is -2.30. The molecule has 0 aromatic carbocycles. The van der Waals surface area contributed by atoms with Gasteiger partial charge >= 0.3 is 0 Å². The summed E-state index contributed by atoms with van der Waals surface area (Å²) in [5, 5.41) is 6.61. The van der Waals surface area contributed by atoms with Gasteiger partial charge < -0.3 is 20.3 Å². The van der Waals surface area contributed by atoms with Gasteiger partial charge in [-0.05, 0) is 32.4 Å². The van der Waals surface area contributed by atoms with Crippen LogP contribution in [0.3, 0.4) is 0 Å². The third-order valence-electron chi connectivity index (χ3n) is 4.07. The number of likely N-dealkylation sites (N-methyl/N-ethyl adjacent to an activating group) is 1. The van der Waals surface area contributed by atoms with Crippen molar-refractivity contribution < 1.29 is 4.74 Å². The molecule has 2 fully saturated rings. The van der Waals surface area contributed by atoms with E-state index in [9.17, 15) is 0 Å². The Morgan fingerprint density at radius 2 is 2.40 bits per heavy atom. The summed E-state index contributed by atoms with van der Waals surface area (Å²) in [7, 11) is 2.02. The molecule has 1 aromatic heterocycles. The standard InChI is InChI=1S/C14H23N5O/c1-15-11-5-7-19(10-11)13-4-6-16-14(18-13)17-9-12-3-2-8-20-12/h4,6,11-12,15H,2-3,5,7-10H2,1H3,(H,16,17,18)/t11-,12?/m1/s1. The van der Waals surface area contributed by atoms with Gasteiger partial charge in [-0.15, -0.1) is 0 Å². The maximum Gasteiger partial charge on any atom is 0.224 e. The van der Waals surface area contributed by atoms with Crippen LogP contribution in [0.2, 0.25) is 0 Å². The zero-order chi connectivity index (χ0) is 13.8. The molecular weight excluding hydrogens is 254 g/mol. The van der Waals surface area contributed by atoms with Crippen molar-refractivity contribution in [1.29, 1.82) is 0 Å². The van der Waals surface area contributed by atoms with Crippen LogP contribution in [0.4, 0.5) is 11.8 Å². The van der Waals surface area contributed by atoms with Crippen LogP contribution >= 0.6 is 0 Å². The van der Waals surface area contributed by atoms with Gasteiger partial charge in [-0.25, -0.2) is 4.98 Å². The molecule has 20 heavy (non-hydrogen) atoms. The van der Waals surface area contributed by atoms with Gasteiger partial charge in [0.25, 0.3) is 0 Å². The molecule has 3 heterocycles. The van der Waals surface area contributed by atoms with E-state index in [1.54, 1.807) is 0 Å². The SMILES string of the molecule is CN[C@@H]1CCN(c2ccnc(NCC3CCCO3)n2)C1. The van der Waals surface area contributed by atoms with Gasteiger partial charge in [0, 0.05) is 38.5 Å². The number of hydrogen-bond acceptors (Lipinski definition) is 6. The largest absolute Gasteiger partial charge is 0.376 e. The first kappa shape index (κ1) is 13.6. The fourth-order valence-corrected chi connectivity index (χ4v) is 2.82. The minimum Gasteiger partial charge on any atom is -0.376 e. The fourth-order valence-electron chi connectivity index (χ4n) is 2.82. The zero-order valence-corrected chi connectivity index (χ0v) is 12.0. The molecule has 0 aliphatic carbocycles. The van der Waals surface area contributed by atoms with Crippen molar-refractivity contribution in [3.63, 3.8) is 0 Å². The Bertz CT molecular complexity index is 435. The second-order valence-corrected chi connectivity index (χ2v) is 5.47. The van der Waals surface area contributed by atoms with E-state index >= 15 is 0 Å². The first-order valence-electron chi connectivity index (χ1n) is 7.46. The molecular formula is C14H23N5O. The molecule has 3 rings (SSSR count). The lowest BCUT2D eigenvalue weighted by Gasteiger charge is -2.18. The number of nitrogens with one attached hydrogen (secondary N) is 2. The topological polar surface area (TPSA) is 62.3 Å². The Balaban J connectivity index is 1.58. The van der Waals surface area contributed by atoms with Gasteiger partial charge in [0.05, 0.1) is 6.10 Å². The maximum atomic E-state index is 5.60. The third kappa shape index (κ3) is 3.19. The van der Waals surface area contributed by atoms with Crippen LogP contribution in [0.15, 0.2) is 12.3 Å². The van der Waals surface area contributed by atoms with Gasteiger partial charge in [0.15, 0.2) is 0 Å². The van der Waals surface area contributed by atoms with Crippen LogP contribution < -0.4 is 15.5 Å². The van der Waals surface area contributed by atoms with E-state index in [0.717, 1.165) is 44.9 Å². The first-order valence-corrected chi connectivity index (χ1v) is 7.46. The van der Waals surface area contributed by atoms with Crippen molar-refractivity contribution in [3.8, 4) is 0 Å². The fraction of sp³-hybridized carbons (Fsp3) is 0.714. The normalized spacial score (nSPS) is 26.1. The van der Waals surface area contributed by atoms with E-state index in [4.69, 9.17) is 4.74 Å². The van der Waals surface area contributed by atoms with Crippen LogP contribution in [-0.2, 0) is 4.74 Å². The molecule has 2 atom stereocenters. The first-order chi connectivity index (χ1) is 9.85. The zero-order valence-electron chi connectivity index (χ0n) is 12.0. The van der Waals surface area contributed by atoms with E-state index in [1.165, 1.54) is 6.42 Å². The average molecular weight is 277 g/mol. The van der Waals surface area contributed by atoms with E-state index in [2.05, 4.69) is 25.5 Å². The van der Waals surface area contributed by atoms with Gasteiger partial charge in [-0.3, -0.25) is 0 Å². The lowest BCUT2D eigenvalue weighted by atomic mass is 10.2. The Hall–Kier alpha value is -1.40. The van der Waals surface area contributed by atoms with E-state index < -0.39 is 0 Å². The van der Waals surface area contributed by atoms with Gasteiger partial charge in [-0.2, -0.15) is 4.98 Å². The second-order valence-electron chi connectivity index (χ2n) is 5.47. The van der Waals surface area contributed by atoms with Crippen LogP contribution in [0, 0.1) is 0 Å². The molecule has 1 aromatic rings. The van der Waals surface area contributed by atoms with Crippen molar-refractivity contribution >= 4 is 11.8 Å². The minimum atomic E-state index is 0.308. The highest BCUT2D eigenvalue weighted by atomic mass is 16.5. The number of ether oxygens (including phenoxy) is 1. The Morgan fingerprint density at radius 1 is 1.45 bits per heavy atom. The quantitative estimate of drug-likeness (QED) is 0.832. The van der Waals surface area contributed by atoms with Crippen molar-refractivity contribution in [2.75, 3.05) is 43.5 Å². The van der Waals surface area contributed by atoms with Crippen LogP contribution in [0.1, 0.15) is 19.3 Å². The highest BCUT2D eigenvalue weighted by Crippen LogP contribution is 2.19. The summed E-state index contributed by atoms with van der Waals surface area (Å²) in [5.74, 6) is 1.71. The monoisotopic (exact) mass is 277 g/mol. The van der Waals surface area contributed by atoms with Gasteiger partial charge in [0.2, 0.25) is 5.95 Å². The summed E-state index contributed by atoms with van der Waals surface area (Å²) in [6.45, 7) is 3.74. The molecule has 0 spiro atoms. The maximum absolute atomic E-state index is 5.60. The summed E-state index contributed by atoms with van der Waals surface area (Å²) < 4.78 is 5.60. The predicted molar refractivity (Wildman–Crippen MR) is 79.2 cm³/mol. The molecule has 110 valence electrons. The molecule has 0 bridgehead atoms. The Labute approximate surface area is 119 Å². The lowest BCUT2D eigenvalue weighted by molar-refractivity contribution is 0.120. The van der Waals surface area contributed by atoms with E-state index in [0.29, 0.717) is 18.1 Å². The third-order valence-corrected chi connectivity index (χ3v) is 4.07. The Kier molecular flexibility index (Phi) is 4.32. The number of nitrogens with zero attached hydrogens (tertiary/aromatic N) is 3. The number of anilines is 2. The van der Waals surface area contributed by atoms with Crippen LogP contribution in [-0.4, -0.2) is 55.4 Å². The van der Waals surface area contributed by atoms with Crippen molar-refractivity contribution in [1.82, 2.24) is 15.3 Å². The number of hydrogen-bond donors (Lipinski definition) is 2. The molecule has 2 aliphatic rings. The predicted octanol–water partition coefficient (Wildman–Crippen LogP) is 0.866. The van der Waals surface area contributed by atoms with E-state index in [-0.39, 0.29) is 0 Å². The van der Waals surface area contributed by atoms with Gasteiger partial charge in [0.1, 0.15) is 5.82 Å². The summed E-state index contributed by atoms with van der Waals surface area (Å²) >= 11 is 0. The molecule has 2 aliphatic heterocycles. The molecule has 0 saturated carbocycles.